The molecule has 0 radical (unpaired) electrons. The van der Waals surface area contributed by atoms with Gasteiger partial charge in [0.25, 0.3) is 0 Å². The van der Waals surface area contributed by atoms with E-state index in [1.165, 1.54) is 0 Å². The van der Waals surface area contributed by atoms with E-state index in [9.17, 15) is 15.0 Å². The fraction of sp³-hybridized carbons (Fsp3) is 0.833. The van der Waals surface area contributed by atoms with E-state index in [1.54, 1.807) is 6.92 Å². The third-order valence-corrected chi connectivity index (χ3v) is 5.91. The van der Waals surface area contributed by atoms with Gasteiger partial charge in [-0.25, -0.2) is 0 Å². The van der Waals surface area contributed by atoms with Gasteiger partial charge < -0.3 is 10.2 Å². The molecule has 0 amide bonds. The predicted molar refractivity (Wildman–Crippen MR) is 69.5 cm³/mol. The Balaban J connectivity index is 2.86. The summed E-state index contributed by atoms with van der Waals surface area (Å²) < 4.78 is 0. The lowest BCUT2D eigenvalue weighted by molar-refractivity contribution is -0.149. The van der Waals surface area contributed by atoms with Crippen molar-refractivity contribution in [2.75, 3.05) is 11.5 Å². The maximum atomic E-state index is 11.5. The highest BCUT2D eigenvalue weighted by Gasteiger charge is 2.40. The lowest BCUT2D eigenvalue weighted by Gasteiger charge is -2.34. The normalized spacial score (nSPS) is 22.6. The van der Waals surface area contributed by atoms with Crippen LogP contribution in [0.3, 0.4) is 0 Å². The third kappa shape index (κ3) is 3.08. The molecular formula is C12H22O3S. The van der Waals surface area contributed by atoms with Crippen LogP contribution < -0.4 is 0 Å². The van der Waals surface area contributed by atoms with Crippen molar-refractivity contribution in [1.82, 2.24) is 0 Å². The molecule has 0 heterocycles. The zero-order valence-electron chi connectivity index (χ0n) is 10.2. The van der Waals surface area contributed by atoms with E-state index < -0.39 is 11.4 Å². The van der Waals surface area contributed by atoms with Gasteiger partial charge in [-0.2, -0.15) is 10.5 Å². The molecule has 0 aromatic heterocycles. The molecule has 0 aliphatic heterocycles. The first-order valence-corrected chi connectivity index (χ1v) is 7.51. The Morgan fingerprint density at radius 3 is 2.19 bits per heavy atom. The number of hydrogen-bond acceptors (Lipinski definition) is 1. The van der Waals surface area contributed by atoms with Crippen LogP contribution in [-0.2, 0) is 4.79 Å². The molecule has 2 N–H and O–H groups in total. The fourth-order valence-corrected chi connectivity index (χ4v) is 4.31. The molecule has 1 fully saturated rings. The topological polar surface area (TPSA) is 57.5 Å². The van der Waals surface area contributed by atoms with E-state index in [0.717, 1.165) is 37.9 Å². The molecule has 0 aromatic rings. The summed E-state index contributed by atoms with van der Waals surface area (Å²) in [6.45, 7) is 3.71. The molecule has 1 saturated carbocycles. The molecule has 3 nitrogen and oxygen atoms in total. The molecule has 1 aliphatic rings. The van der Waals surface area contributed by atoms with E-state index in [0.29, 0.717) is 10.8 Å². The molecule has 0 bridgehead atoms. The number of carbonyl (C=O) groups is 1. The minimum Gasteiger partial charge on any atom is -0.481 e. The summed E-state index contributed by atoms with van der Waals surface area (Å²) in [5.74, 6) is 0.804. The van der Waals surface area contributed by atoms with Gasteiger partial charge in [0.05, 0.1) is 10.5 Å². The van der Waals surface area contributed by atoms with Crippen molar-refractivity contribution in [3.63, 3.8) is 0 Å². The largest absolute Gasteiger partial charge is 0.481 e. The van der Waals surface area contributed by atoms with Crippen LogP contribution in [0.5, 0.6) is 0 Å². The summed E-state index contributed by atoms with van der Waals surface area (Å²) in [6, 6.07) is 0. The van der Waals surface area contributed by atoms with E-state index in [4.69, 9.17) is 0 Å². The first-order chi connectivity index (χ1) is 7.52. The van der Waals surface area contributed by atoms with Gasteiger partial charge in [0.1, 0.15) is 0 Å². The summed E-state index contributed by atoms with van der Waals surface area (Å²) in [5, 5.41) is 19.4. The Labute approximate surface area is 99.8 Å². The van der Waals surface area contributed by atoms with Gasteiger partial charge in [-0.15, -0.1) is 0 Å². The molecule has 1 aliphatic carbocycles. The average molecular weight is 246 g/mol. The quantitative estimate of drug-likeness (QED) is 0.750. The highest BCUT2D eigenvalue weighted by Crippen LogP contribution is 2.41. The first kappa shape index (κ1) is 13.7. The van der Waals surface area contributed by atoms with Crippen LogP contribution in [0, 0.1) is 5.41 Å². The van der Waals surface area contributed by atoms with Crippen molar-refractivity contribution in [3.05, 3.63) is 0 Å². The standard InChI is InChI=1S/C12H22O3S/c1-3-16(10(2)13)9-12(11(14)15)7-5-4-6-8-12/h13H,3-9H2,1-2H3,(H,14,15). The summed E-state index contributed by atoms with van der Waals surface area (Å²) in [4.78, 5) is 11.5. The molecule has 1 atom stereocenters. The van der Waals surface area contributed by atoms with E-state index in [-0.39, 0.29) is 10.5 Å². The van der Waals surface area contributed by atoms with E-state index >= 15 is 0 Å². The van der Waals surface area contributed by atoms with E-state index in [2.05, 4.69) is 0 Å². The van der Waals surface area contributed by atoms with Crippen LogP contribution in [0.25, 0.3) is 0 Å². The molecule has 0 spiro atoms. The molecule has 0 saturated heterocycles. The summed E-state index contributed by atoms with van der Waals surface area (Å²) >= 11 is 0. The fourth-order valence-electron chi connectivity index (χ4n) is 2.40. The van der Waals surface area contributed by atoms with Crippen LogP contribution in [0.2, 0.25) is 0 Å². The minimum atomic E-state index is -0.667. The summed E-state index contributed by atoms with van der Waals surface area (Å²) in [6.07, 6.45) is 4.73. The maximum absolute atomic E-state index is 11.5. The van der Waals surface area contributed by atoms with Gasteiger partial charge in [-0.05, 0) is 25.5 Å². The van der Waals surface area contributed by atoms with Crippen LogP contribution in [0.1, 0.15) is 46.0 Å². The van der Waals surface area contributed by atoms with Gasteiger partial charge in [0.2, 0.25) is 0 Å². The number of aliphatic hydroxyl groups is 1. The number of aliphatic carboxylic acids is 1. The molecular weight excluding hydrogens is 224 g/mol. The molecule has 1 unspecified atom stereocenters. The van der Waals surface area contributed by atoms with Gasteiger partial charge >= 0.3 is 5.97 Å². The van der Waals surface area contributed by atoms with Crippen molar-refractivity contribution in [3.8, 4) is 0 Å². The SMILES string of the molecule is CC/S(CC1(C(=O)O)CCCCC1)=C(\C)O. The van der Waals surface area contributed by atoms with Gasteiger partial charge in [-0.3, -0.25) is 4.79 Å². The Morgan fingerprint density at radius 2 is 1.81 bits per heavy atom. The van der Waals surface area contributed by atoms with Crippen molar-refractivity contribution in [2.45, 2.75) is 46.0 Å². The number of carboxylic acids is 1. The maximum Gasteiger partial charge on any atom is 0.310 e. The first-order valence-electron chi connectivity index (χ1n) is 5.95. The molecule has 1 rings (SSSR count). The second-order valence-electron chi connectivity index (χ2n) is 4.59. The average Bonchev–Trinajstić information content (AvgIpc) is 2.26. The van der Waals surface area contributed by atoms with Crippen molar-refractivity contribution in [2.24, 2.45) is 5.41 Å². The number of carboxylic acid groups (broad SMARTS) is 1. The van der Waals surface area contributed by atoms with Crippen LogP contribution in [0.15, 0.2) is 0 Å². The highest BCUT2D eigenvalue weighted by atomic mass is 32.2. The third-order valence-electron chi connectivity index (χ3n) is 3.48. The second kappa shape index (κ2) is 5.82. The Bertz CT molecular complexity index is 287. The lowest BCUT2D eigenvalue weighted by atomic mass is 9.76. The molecule has 4 heteroatoms. The van der Waals surface area contributed by atoms with Crippen molar-refractivity contribution >= 4 is 21.5 Å². The van der Waals surface area contributed by atoms with E-state index in [1.807, 2.05) is 6.92 Å². The van der Waals surface area contributed by atoms with Crippen LogP contribution >= 0.6 is 10.5 Å². The summed E-state index contributed by atoms with van der Waals surface area (Å²) in [7, 11) is -0.249. The van der Waals surface area contributed by atoms with Crippen LogP contribution in [-0.4, -0.2) is 32.7 Å². The zero-order valence-corrected chi connectivity index (χ0v) is 11.0. The predicted octanol–water partition coefficient (Wildman–Crippen LogP) is 3.02. The smallest absolute Gasteiger partial charge is 0.310 e. The Kier molecular flexibility index (Phi) is 4.99. The lowest BCUT2D eigenvalue weighted by Crippen LogP contribution is -2.36. The molecule has 94 valence electrons. The van der Waals surface area contributed by atoms with Gasteiger partial charge in [0.15, 0.2) is 0 Å². The number of aliphatic hydroxyl groups excluding tert-OH is 1. The monoisotopic (exact) mass is 246 g/mol. The minimum absolute atomic E-state index is 0.249. The zero-order chi connectivity index (χ0) is 12.2. The van der Waals surface area contributed by atoms with Crippen molar-refractivity contribution < 1.29 is 15.0 Å². The molecule has 0 aromatic carbocycles. The summed E-state index contributed by atoms with van der Waals surface area (Å²) in [5.41, 5.74) is -0.568. The number of hydrogen-bond donors (Lipinski definition) is 2. The Morgan fingerprint density at radius 1 is 1.25 bits per heavy atom. The van der Waals surface area contributed by atoms with Crippen molar-refractivity contribution in [1.29, 1.82) is 0 Å². The molecule has 16 heavy (non-hydrogen) atoms. The Hall–Kier alpha value is -0.350. The van der Waals surface area contributed by atoms with Crippen LogP contribution in [0.4, 0.5) is 0 Å². The van der Waals surface area contributed by atoms with Gasteiger partial charge in [-0.1, -0.05) is 26.2 Å². The highest BCUT2D eigenvalue weighted by molar-refractivity contribution is 8.15. The van der Waals surface area contributed by atoms with Gasteiger partial charge in [0, 0.05) is 5.75 Å². The number of rotatable bonds is 4. The second-order valence-corrected chi connectivity index (χ2v) is 7.03.